The molecular weight excluding hydrogens is 378 g/mol. The molecule has 1 aliphatic heterocycles. The molecule has 0 spiro atoms. The lowest BCUT2D eigenvalue weighted by Gasteiger charge is -2.14. The first-order valence-corrected chi connectivity index (χ1v) is 9.16. The van der Waals surface area contributed by atoms with Crippen LogP contribution >= 0.6 is 0 Å². The van der Waals surface area contributed by atoms with Gasteiger partial charge < -0.3 is 5.32 Å². The van der Waals surface area contributed by atoms with Crippen molar-refractivity contribution in [1.29, 1.82) is 5.26 Å². The summed E-state index contributed by atoms with van der Waals surface area (Å²) in [5.74, 6) is 0.372. The highest BCUT2D eigenvalue weighted by Crippen LogP contribution is 2.29. The third kappa shape index (κ3) is 2.75. The Morgan fingerprint density at radius 3 is 2.40 bits per heavy atom. The second kappa shape index (κ2) is 6.79. The second-order valence-corrected chi connectivity index (χ2v) is 6.70. The number of aromatic nitrogens is 2. The predicted octanol–water partition coefficient (Wildman–Crippen LogP) is 4.05. The van der Waals surface area contributed by atoms with Crippen LogP contribution in [0.25, 0.3) is 10.8 Å². The molecule has 4 aromatic rings. The minimum absolute atomic E-state index is 0.226. The highest BCUT2D eigenvalue weighted by atomic mass is 16.2. The molecule has 0 radical (unpaired) electrons. The van der Waals surface area contributed by atoms with Gasteiger partial charge in [-0.05, 0) is 47.9 Å². The smallest absolute Gasteiger partial charge is 0.267 e. The van der Waals surface area contributed by atoms with Crippen molar-refractivity contribution in [2.45, 2.75) is 0 Å². The SMILES string of the molecule is N#Cc1ccc2ccnc(Nc3cccc(N4C(=O)c5ccccc5C4=O)n3)c2c1. The first-order chi connectivity index (χ1) is 14.7. The number of hydrogen-bond acceptors (Lipinski definition) is 6. The molecule has 7 heteroatoms. The number of nitrogens with zero attached hydrogens (tertiary/aromatic N) is 4. The molecule has 1 N–H and O–H groups in total. The molecule has 0 aliphatic carbocycles. The van der Waals surface area contributed by atoms with Crippen molar-refractivity contribution in [3.05, 3.63) is 89.6 Å². The number of nitriles is 1. The van der Waals surface area contributed by atoms with Crippen LogP contribution in [0, 0.1) is 11.3 Å². The van der Waals surface area contributed by atoms with Crippen molar-refractivity contribution in [3.63, 3.8) is 0 Å². The maximum atomic E-state index is 12.7. The lowest BCUT2D eigenvalue weighted by atomic mass is 10.1. The van der Waals surface area contributed by atoms with E-state index in [1.54, 1.807) is 60.8 Å². The third-order valence-corrected chi connectivity index (χ3v) is 4.90. The molecule has 5 rings (SSSR count). The summed E-state index contributed by atoms with van der Waals surface area (Å²) in [6, 6.07) is 21.1. The summed E-state index contributed by atoms with van der Waals surface area (Å²) in [5.41, 5.74) is 1.25. The van der Waals surface area contributed by atoms with Crippen LogP contribution in [0.5, 0.6) is 0 Å². The van der Waals surface area contributed by atoms with Gasteiger partial charge in [0.2, 0.25) is 0 Å². The molecule has 7 nitrogen and oxygen atoms in total. The summed E-state index contributed by atoms with van der Waals surface area (Å²) in [4.78, 5) is 35.3. The molecular formula is C23H13N5O2. The van der Waals surface area contributed by atoms with Gasteiger partial charge in [-0.15, -0.1) is 0 Å². The Labute approximate surface area is 171 Å². The van der Waals surface area contributed by atoms with Crippen molar-refractivity contribution in [2.24, 2.45) is 0 Å². The number of carbonyl (C=O) groups excluding carboxylic acids is 2. The summed E-state index contributed by atoms with van der Waals surface area (Å²) in [6.07, 6.45) is 1.66. The zero-order valence-corrected chi connectivity index (χ0v) is 15.5. The van der Waals surface area contributed by atoms with E-state index in [1.165, 1.54) is 0 Å². The highest BCUT2D eigenvalue weighted by molar-refractivity contribution is 6.34. The van der Waals surface area contributed by atoms with E-state index in [0.717, 1.165) is 15.7 Å². The summed E-state index contributed by atoms with van der Waals surface area (Å²) < 4.78 is 0. The van der Waals surface area contributed by atoms with E-state index < -0.39 is 11.8 Å². The average molecular weight is 391 g/mol. The van der Waals surface area contributed by atoms with E-state index in [0.29, 0.717) is 28.3 Å². The van der Waals surface area contributed by atoms with Crippen LogP contribution < -0.4 is 10.2 Å². The van der Waals surface area contributed by atoms with Crippen LogP contribution in [0.1, 0.15) is 26.3 Å². The van der Waals surface area contributed by atoms with Crippen molar-refractivity contribution in [2.75, 3.05) is 10.2 Å². The molecule has 0 fully saturated rings. The van der Waals surface area contributed by atoms with Crippen LogP contribution in [0.4, 0.5) is 17.5 Å². The van der Waals surface area contributed by atoms with Gasteiger partial charge in [0.05, 0.1) is 22.8 Å². The van der Waals surface area contributed by atoms with Crippen molar-refractivity contribution >= 4 is 40.0 Å². The molecule has 0 saturated carbocycles. The maximum absolute atomic E-state index is 12.7. The molecule has 2 aromatic carbocycles. The number of nitrogens with one attached hydrogen (secondary N) is 1. The van der Waals surface area contributed by atoms with Crippen LogP contribution in [-0.4, -0.2) is 21.8 Å². The van der Waals surface area contributed by atoms with E-state index in [9.17, 15) is 14.9 Å². The fraction of sp³-hybridized carbons (Fsp3) is 0. The van der Waals surface area contributed by atoms with Gasteiger partial charge in [0.25, 0.3) is 11.8 Å². The van der Waals surface area contributed by atoms with Crippen molar-refractivity contribution in [3.8, 4) is 6.07 Å². The van der Waals surface area contributed by atoms with E-state index in [1.807, 2.05) is 12.1 Å². The van der Waals surface area contributed by atoms with E-state index in [4.69, 9.17) is 0 Å². The number of rotatable bonds is 3. The Hall–Kier alpha value is -4.57. The van der Waals surface area contributed by atoms with Gasteiger partial charge in [-0.1, -0.05) is 24.3 Å². The summed E-state index contributed by atoms with van der Waals surface area (Å²) in [5, 5.41) is 14.0. The quantitative estimate of drug-likeness (QED) is 0.529. The third-order valence-electron chi connectivity index (χ3n) is 4.90. The lowest BCUT2D eigenvalue weighted by molar-refractivity contribution is 0.0925. The zero-order chi connectivity index (χ0) is 20.7. The highest BCUT2D eigenvalue weighted by Gasteiger charge is 2.37. The predicted molar refractivity (Wildman–Crippen MR) is 112 cm³/mol. The van der Waals surface area contributed by atoms with Gasteiger partial charge in [0.1, 0.15) is 17.5 Å². The Kier molecular flexibility index (Phi) is 3.97. The maximum Gasteiger partial charge on any atom is 0.267 e. The molecule has 142 valence electrons. The fourth-order valence-corrected chi connectivity index (χ4v) is 3.47. The van der Waals surface area contributed by atoms with Crippen LogP contribution in [0.15, 0.2) is 72.9 Å². The Morgan fingerprint density at radius 1 is 0.900 bits per heavy atom. The summed E-state index contributed by atoms with van der Waals surface area (Å²) >= 11 is 0. The van der Waals surface area contributed by atoms with E-state index in [-0.39, 0.29) is 5.82 Å². The molecule has 0 bridgehead atoms. The molecule has 0 atom stereocenters. The van der Waals surface area contributed by atoms with Gasteiger partial charge in [-0.2, -0.15) is 5.26 Å². The largest absolute Gasteiger partial charge is 0.324 e. The number of anilines is 3. The van der Waals surface area contributed by atoms with Gasteiger partial charge in [0, 0.05) is 11.6 Å². The van der Waals surface area contributed by atoms with Crippen LogP contribution in [0.2, 0.25) is 0 Å². The number of imide groups is 1. The average Bonchev–Trinajstić information content (AvgIpc) is 3.04. The number of carbonyl (C=O) groups is 2. The number of pyridine rings is 2. The number of benzene rings is 2. The minimum Gasteiger partial charge on any atom is -0.324 e. The fourth-order valence-electron chi connectivity index (χ4n) is 3.47. The first-order valence-electron chi connectivity index (χ1n) is 9.16. The Morgan fingerprint density at radius 2 is 1.67 bits per heavy atom. The first kappa shape index (κ1) is 17.5. The lowest BCUT2D eigenvalue weighted by Crippen LogP contribution is -2.30. The molecule has 2 aromatic heterocycles. The standard InChI is InChI=1S/C23H13N5O2/c24-13-14-8-9-15-10-11-25-21(18(15)12-14)27-19-6-3-7-20(26-19)28-22(29)16-4-1-2-5-17(16)23(28)30/h1-12H,(H,25,26,27). The normalized spacial score (nSPS) is 12.7. The molecule has 0 unspecified atom stereocenters. The van der Waals surface area contributed by atoms with Gasteiger partial charge in [-0.25, -0.2) is 14.9 Å². The van der Waals surface area contributed by atoms with Gasteiger partial charge >= 0.3 is 0 Å². The second-order valence-electron chi connectivity index (χ2n) is 6.70. The summed E-state index contributed by atoms with van der Waals surface area (Å²) in [7, 11) is 0. The molecule has 0 saturated heterocycles. The van der Waals surface area contributed by atoms with E-state index in [2.05, 4.69) is 21.4 Å². The molecule has 30 heavy (non-hydrogen) atoms. The Balaban J connectivity index is 1.52. The van der Waals surface area contributed by atoms with Crippen LogP contribution in [0.3, 0.4) is 0 Å². The Bertz CT molecular complexity index is 1360. The zero-order valence-electron chi connectivity index (χ0n) is 15.5. The van der Waals surface area contributed by atoms with E-state index >= 15 is 0 Å². The summed E-state index contributed by atoms with van der Waals surface area (Å²) in [6.45, 7) is 0. The topological polar surface area (TPSA) is 99.0 Å². The number of hydrogen-bond donors (Lipinski definition) is 1. The van der Waals surface area contributed by atoms with Crippen molar-refractivity contribution < 1.29 is 9.59 Å². The monoisotopic (exact) mass is 391 g/mol. The van der Waals surface area contributed by atoms with Crippen molar-refractivity contribution in [1.82, 2.24) is 9.97 Å². The van der Waals surface area contributed by atoms with Gasteiger partial charge in [-0.3, -0.25) is 9.59 Å². The van der Waals surface area contributed by atoms with Crippen LogP contribution in [-0.2, 0) is 0 Å². The molecule has 1 aliphatic rings. The number of amides is 2. The molecule has 2 amide bonds. The minimum atomic E-state index is -0.401. The van der Waals surface area contributed by atoms with Gasteiger partial charge in [0.15, 0.2) is 0 Å². The number of fused-ring (bicyclic) bond motifs is 2. The molecule has 3 heterocycles.